The molecular formula is C20H18F2N2O4. The fourth-order valence-electron chi connectivity index (χ4n) is 3.13. The van der Waals surface area contributed by atoms with Crippen molar-refractivity contribution in [1.29, 1.82) is 0 Å². The summed E-state index contributed by atoms with van der Waals surface area (Å²) in [5.74, 6) is -3.39. The van der Waals surface area contributed by atoms with Crippen molar-refractivity contribution in [3.8, 4) is 0 Å². The van der Waals surface area contributed by atoms with Crippen molar-refractivity contribution in [1.82, 2.24) is 5.32 Å². The van der Waals surface area contributed by atoms with Crippen LogP contribution in [-0.2, 0) is 9.59 Å². The molecule has 8 heteroatoms. The van der Waals surface area contributed by atoms with Gasteiger partial charge in [0.25, 0.3) is 5.91 Å². The number of carbonyl (C=O) groups excluding carboxylic acids is 2. The Bertz CT molecular complexity index is 915. The third-order valence-electron chi connectivity index (χ3n) is 4.54. The Morgan fingerprint density at radius 1 is 1.14 bits per heavy atom. The van der Waals surface area contributed by atoms with Gasteiger partial charge in [-0.05, 0) is 42.3 Å². The molecule has 0 spiro atoms. The number of carboxylic acids is 1. The van der Waals surface area contributed by atoms with Gasteiger partial charge in [0, 0.05) is 18.7 Å². The zero-order valence-corrected chi connectivity index (χ0v) is 14.8. The number of amides is 2. The second-order valence-corrected chi connectivity index (χ2v) is 6.49. The first-order valence-corrected chi connectivity index (χ1v) is 8.73. The van der Waals surface area contributed by atoms with Crippen LogP contribution >= 0.6 is 0 Å². The average Bonchev–Trinajstić information content (AvgIpc) is 3.07. The van der Waals surface area contributed by atoms with Crippen LogP contribution in [0.3, 0.4) is 0 Å². The molecule has 1 fully saturated rings. The van der Waals surface area contributed by atoms with E-state index in [2.05, 4.69) is 5.32 Å². The largest absolute Gasteiger partial charge is 0.481 e. The van der Waals surface area contributed by atoms with Gasteiger partial charge in [0.05, 0.1) is 18.0 Å². The number of halogens is 2. The third kappa shape index (κ3) is 4.33. The summed E-state index contributed by atoms with van der Waals surface area (Å²) in [6.07, 6.45) is 0.621. The van der Waals surface area contributed by atoms with E-state index in [9.17, 15) is 23.2 Å². The van der Waals surface area contributed by atoms with Crippen LogP contribution in [0.15, 0.2) is 42.5 Å². The monoisotopic (exact) mass is 388 g/mol. The van der Waals surface area contributed by atoms with Gasteiger partial charge < -0.3 is 15.3 Å². The number of anilines is 1. The maximum atomic E-state index is 14.2. The summed E-state index contributed by atoms with van der Waals surface area (Å²) in [7, 11) is 0. The summed E-state index contributed by atoms with van der Waals surface area (Å²) >= 11 is 0. The van der Waals surface area contributed by atoms with Gasteiger partial charge >= 0.3 is 5.97 Å². The van der Waals surface area contributed by atoms with Crippen LogP contribution in [-0.4, -0.2) is 29.4 Å². The number of hydrogen-bond donors (Lipinski definition) is 2. The second-order valence-electron chi connectivity index (χ2n) is 6.49. The number of nitrogens with one attached hydrogen (secondary N) is 1. The topological polar surface area (TPSA) is 86.7 Å². The van der Waals surface area contributed by atoms with Gasteiger partial charge in [-0.1, -0.05) is 12.1 Å². The molecule has 1 atom stereocenters. The fourth-order valence-corrected chi connectivity index (χ4v) is 3.13. The van der Waals surface area contributed by atoms with Crippen molar-refractivity contribution in [3.05, 3.63) is 65.2 Å². The van der Waals surface area contributed by atoms with Crippen molar-refractivity contribution < 1.29 is 28.3 Å². The molecule has 0 saturated carbocycles. The third-order valence-corrected chi connectivity index (χ3v) is 4.54. The molecule has 3 rings (SSSR count). The number of benzene rings is 2. The van der Waals surface area contributed by atoms with Crippen LogP contribution < -0.4 is 10.2 Å². The summed E-state index contributed by atoms with van der Waals surface area (Å²) in [6, 6.07) is 7.84. The predicted octanol–water partition coefficient (Wildman–Crippen LogP) is 3.04. The Balaban J connectivity index is 1.85. The van der Waals surface area contributed by atoms with Gasteiger partial charge in [-0.2, -0.15) is 0 Å². The normalized spacial score (nSPS) is 14.8. The fraction of sp³-hybridized carbons (Fsp3) is 0.250. The molecule has 2 aromatic carbocycles. The first-order valence-electron chi connectivity index (χ1n) is 8.73. The van der Waals surface area contributed by atoms with E-state index in [0.717, 1.165) is 18.2 Å². The van der Waals surface area contributed by atoms with E-state index < -0.39 is 36.0 Å². The highest BCUT2D eigenvalue weighted by Crippen LogP contribution is 2.25. The smallest absolute Gasteiger partial charge is 0.305 e. The van der Waals surface area contributed by atoms with Crippen LogP contribution in [0.25, 0.3) is 0 Å². The van der Waals surface area contributed by atoms with E-state index in [-0.39, 0.29) is 11.5 Å². The lowest BCUT2D eigenvalue weighted by atomic mass is 10.0. The maximum absolute atomic E-state index is 14.2. The lowest BCUT2D eigenvalue weighted by Gasteiger charge is -2.20. The van der Waals surface area contributed by atoms with E-state index in [4.69, 9.17) is 5.11 Å². The summed E-state index contributed by atoms with van der Waals surface area (Å²) in [4.78, 5) is 37.1. The van der Waals surface area contributed by atoms with Crippen LogP contribution in [0.2, 0.25) is 0 Å². The van der Waals surface area contributed by atoms with Crippen molar-refractivity contribution in [2.24, 2.45) is 0 Å². The molecule has 1 aliphatic heterocycles. The molecule has 2 aromatic rings. The number of carboxylic acid groups (broad SMARTS) is 1. The minimum Gasteiger partial charge on any atom is -0.481 e. The molecule has 2 N–H and O–H groups in total. The van der Waals surface area contributed by atoms with Gasteiger partial charge in [0.1, 0.15) is 11.6 Å². The Kier molecular flexibility index (Phi) is 5.67. The minimum atomic E-state index is -1.17. The van der Waals surface area contributed by atoms with Crippen molar-refractivity contribution in [2.75, 3.05) is 11.4 Å². The van der Waals surface area contributed by atoms with Gasteiger partial charge in [0.2, 0.25) is 5.91 Å². The van der Waals surface area contributed by atoms with Crippen LogP contribution in [0.5, 0.6) is 0 Å². The van der Waals surface area contributed by atoms with Crippen molar-refractivity contribution in [3.63, 3.8) is 0 Å². The van der Waals surface area contributed by atoms with E-state index in [1.807, 2.05) is 0 Å². The Hall–Kier alpha value is -3.29. The number of hydrogen-bond acceptors (Lipinski definition) is 3. The molecule has 1 aliphatic rings. The van der Waals surface area contributed by atoms with Crippen LogP contribution in [0.1, 0.15) is 41.2 Å². The quantitative estimate of drug-likeness (QED) is 0.796. The highest BCUT2D eigenvalue weighted by Gasteiger charge is 2.25. The van der Waals surface area contributed by atoms with Gasteiger partial charge in [-0.25, -0.2) is 8.78 Å². The van der Waals surface area contributed by atoms with E-state index in [1.54, 1.807) is 0 Å². The lowest BCUT2D eigenvalue weighted by Crippen LogP contribution is -2.31. The summed E-state index contributed by atoms with van der Waals surface area (Å²) < 4.78 is 27.4. The first-order chi connectivity index (χ1) is 13.3. The highest BCUT2D eigenvalue weighted by atomic mass is 19.1. The zero-order valence-electron chi connectivity index (χ0n) is 14.8. The number of rotatable bonds is 6. The van der Waals surface area contributed by atoms with Gasteiger partial charge in [-0.3, -0.25) is 14.4 Å². The molecule has 1 heterocycles. The summed E-state index contributed by atoms with van der Waals surface area (Å²) in [5, 5.41) is 11.6. The molecule has 1 unspecified atom stereocenters. The number of aliphatic carboxylic acids is 1. The number of nitrogens with zero attached hydrogens (tertiary/aromatic N) is 1. The van der Waals surface area contributed by atoms with Crippen molar-refractivity contribution >= 4 is 23.5 Å². The summed E-state index contributed by atoms with van der Waals surface area (Å²) in [6.45, 7) is 0.489. The molecule has 6 nitrogen and oxygen atoms in total. The minimum absolute atomic E-state index is 0.104. The molecular weight excluding hydrogens is 370 g/mol. The van der Waals surface area contributed by atoms with E-state index in [1.165, 1.54) is 29.2 Å². The van der Waals surface area contributed by atoms with Crippen LogP contribution in [0.4, 0.5) is 14.5 Å². The maximum Gasteiger partial charge on any atom is 0.305 e. The molecule has 146 valence electrons. The van der Waals surface area contributed by atoms with Crippen LogP contribution in [0, 0.1) is 11.6 Å². The summed E-state index contributed by atoms with van der Waals surface area (Å²) in [5.41, 5.74) is 0.490. The van der Waals surface area contributed by atoms with E-state index in [0.29, 0.717) is 30.6 Å². The van der Waals surface area contributed by atoms with E-state index >= 15 is 0 Å². The molecule has 0 aromatic heterocycles. The number of carbonyl (C=O) groups is 3. The predicted molar refractivity (Wildman–Crippen MR) is 96.8 cm³/mol. The van der Waals surface area contributed by atoms with Gasteiger partial charge in [-0.15, -0.1) is 0 Å². The molecule has 28 heavy (non-hydrogen) atoms. The average molecular weight is 388 g/mol. The molecule has 2 amide bonds. The molecule has 0 bridgehead atoms. The molecule has 0 aliphatic carbocycles. The van der Waals surface area contributed by atoms with Gasteiger partial charge in [0.15, 0.2) is 0 Å². The Morgan fingerprint density at radius 2 is 1.86 bits per heavy atom. The molecule has 1 saturated heterocycles. The Morgan fingerprint density at radius 3 is 2.46 bits per heavy atom. The molecule has 0 radical (unpaired) electrons. The standard InChI is InChI=1S/C20H18F2N2O4/c21-13-5-3-12(4-6-13)17(11-19(26)27)23-20(28)15-10-14(7-8-16(15)22)24-9-1-2-18(24)25/h3-8,10,17H,1-2,9,11H2,(H,23,28)(H,26,27). The zero-order chi connectivity index (χ0) is 20.3. The second kappa shape index (κ2) is 8.16. The first kappa shape index (κ1) is 19.5. The highest BCUT2D eigenvalue weighted by molar-refractivity contribution is 5.99. The Labute approximate surface area is 159 Å². The lowest BCUT2D eigenvalue weighted by molar-refractivity contribution is -0.137. The SMILES string of the molecule is O=C(O)CC(NC(=O)c1cc(N2CCCC2=O)ccc1F)c1ccc(F)cc1. The van der Waals surface area contributed by atoms with Crippen molar-refractivity contribution in [2.45, 2.75) is 25.3 Å².